The van der Waals surface area contributed by atoms with Crippen LogP contribution in [0.2, 0.25) is 0 Å². The number of thiophene rings is 1. The Morgan fingerprint density at radius 2 is 2.07 bits per heavy atom. The molecule has 0 radical (unpaired) electrons. The van der Waals surface area contributed by atoms with Crippen LogP contribution in [-0.2, 0) is 12.8 Å². The molecule has 0 nitrogen and oxygen atoms in total. The third-order valence-electron chi connectivity index (χ3n) is 2.58. The summed E-state index contributed by atoms with van der Waals surface area (Å²) in [5.74, 6) is 0. The van der Waals surface area contributed by atoms with Crippen LogP contribution in [0.25, 0.3) is 10.1 Å². The molecule has 74 valence electrons. The van der Waals surface area contributed by atoms with Crippen LogP contribution < -0.4 is 0 Å². The number of halogens is 1. The largest absolute Gasteiger partial charge is 0.143 e. The van der Waals surface area contributed by atoms with Crippen LogP contribution in [0.3, 0.4) is 0 Å². The monoisotopic (exact) mass is 316 g/mol. The van der Waals surface area contributed by atoms with Crippen molar-refractivity contribution in [3.05, 3.63) is 32.2 Å². The van der Waals surface area contributed by atoms with Crippen molar-refractivity contribution in [2.24, 2.45) is 0 Å². The molecule has 1 aromatic heterocycles. The van der Waals surface area contributed by atoms with Gasteiger partial charge in [0.2, 0.25) is 0 Å². The lowest BCUT2D eigenvalue weighted by atomic mass is 10.0. The molecule has 0 fully saturated rings. The fraction of sp³-hybridized carbons (Fsp3) is 0.333. The van der Waals surface area contributed by atoms with Gasteiger partial charge in [-0.1, -0.05) is 13.8 Å². The molecule has 2 aromatic rings. The van der Waals surface area contributed by atoms with E-state index in [0.29, 0.717) is 0 Å². The van der Waals surface area contributed by atoms with Crippen molar-refractivity contribution >= 4 is 44.0 Å². The minimum Gasteiger partial charge on any atom is -0.143 e. The first-order valence-corrected chi connectivity index (χ1v) is 6.91. The zero-order valence-electron chi connectivity index (χ0n) is 8.43. The fourth-order valence-electron chi connectivity index (χ4n) is 1.80. The van der Waals surface area contributed by atoms with Crippen LogP contribution in [0, 0.1) is 3.57 Å². The van der Waals surface area contributed by atoms with Crippen molar-refractivity contribution in [1.29, 1.82) is 0 Å². The van der Waals surface area contributed by atoms with Crippen molar-refractivity contribution in [3.63, 3.8) is 0 Å². The normalized spacial score (nSPS) is 11.1. The van der Waals surface area contributed by atoms with E-state index in [0.717, 1.165) is 12.8 Å². The van der Waals surface area contributed by atoms with Crippen molar-refractivity contribution in [3.8, 4) is 0 Å². The zero-order valence-corrected chi connectivity index (χ0v) is 11.4. The molecule has 0 bridgehead atoms. The van der Waals surface area contributed by atoms with Gasteiger partial charge in [0.05, 0.1) is 0 Å². The number of hydrogen-bond donors (Lipinski definition) is 0. The van der Waals surface area contributed by atoms with E-state index < -0.39 is 0 Å². The van der Waals surface area contributed by atoms with Crippen LogP contribution in [-0.4, -0.2) is 0 Å². The Morgan fingerprint density at radius 1 is 1.29 bits per heavy atom. The standard InChI is InChI=1S/C12H13IS/c1-3-8-7-9-5-6-14-12(9)10(4-2)11(8)13/h5-7H,3-4H2,1-2H3. The summed E-state index contributed by atoms with van der Waals surface area (Å²) in [4.78, 5) is 0. The summed E-state index contributed by atoms with van der Waals surface area (Å²) in [6, 6.07) is 4.57. The van der Waals surface area contributed by atoms with Crippen LogP contribution in [0.15, 0.2) is 17.5 Å². The predicted octanol–water partition coefficient (Wildman–Crippen LogP) is 4.63. The Balaban J connectivity index is 2.80. The maximum absolute atomic E-state index is 2.49. The van der Waals surface area contributed by atoms with E-state index in [1.54, 1.807) is 0 Å². The lowest BCUT2D eigenvalue weighted by molar-refractivity contribution is 1.08. The third kappa shape index (κ3) is 1.58. The molecule has 0 spiro atoms. The molecule has 14 heavy (non-hydrogen) atoms. The third-order valence-corrected chi connectivity index (χ3v) is 4.91. The number of fused-ring (bicyclic) bond motifs is 1. The summed E-state index contributed by atoms with van der Waals surface area (Å²) in [6.07, 6.45) is 2.28. The van der Waals surface area contributed by atoms with Gasteiger partial charge in [-0.15, -0.1) is 11.3 Å². The Kier molecular flexibility index (Phi) is 3.12. The van der Waals surface area contributed by atoms with Gasteiger partial charge in [-0.25, -0.2) is 0 Å². The van der Waals surface area contributed by atoms with Gasteiger partial charge in [-0.2, -0.15) is 0 Å². The first-order valence-electron chi connectivity index (χ1n) is 4.95. The number of aryl methyl sites for hydroxylation is 2. The van der Waals surface area contributed by atoms with Crippen molar-refractivity contribution in [2.45, 2.75) is 26.7 Å². The quantitative estimate of drug-likeness (QED) is 0.709. The second-order valence-corrected chi connectivity index (χ2v) is 5.37. The predicted molar refractivity (Wildman–Crippen MR) is 73.3 cm³/mol. The first-order chi connectivity index (χ1) is 6.77. The van der Waals surface area contributed by atoms with E-state index in [4.69, 9.17) is 0 Å². The van der Waals surface area contributed by atoms with Crippen molar-refractivity contribution < 1.29 is 0 Å². The Morgan fingerprint density at radius 3 is 2.71 bits per heavy atom. The van der Waals surface area contributed by atoms with E-state index in [1.807, 2.05) is 11.3 Å². The number of hydrogen-bond acceptors (Lipinski definition) is 1. The SMILES string of the molecule is CCc1cc2ccsc2c(CC)c1I. The number of benzene rings is 1. The van der Waals surface area contributed by atoms with Gasteiger partial charge in [0.25, 0.3) is 0 Å². The molecule has 2 heteroatoms. The summed E-state index contributed by atoms with van der Waals surface area (Å²) in [5, 5.41) is 3.61. The molecule has 0 N–H and O–H groups in total. The van der Waals surface area contributed by atoms with E-state index in [2.05, 4.69) is 54.0 Å². The topological polar surface area (TPSA) is 0 Å². The number of rotatable bonds is 2. The second-order valence-electron chi connectivity index (χ2n) is 3.37. The van der Waals surface area contributed by atoms with E-state index in [9.17, 15) is 0 Å². The minimum absolute atomic E-state index is 1.14. The molecule has 0 saturated carbocycles. The molecule has 1 aromatic carbocycles. The Bertz CT molecular complexity index is 457. The van der Waals surface area contributed by atoms with E-state index >= 15 is 0 Å². The van der Waals surface area contributed by atoms with Gasteiger partial charge in [0, 0.05) is 8.27 Å². The molecule has 1 heterocycles. The molecule has 0 amide bonds. The molecule has 0 unspecified atom stereocenters. The van der Waals surface area contributed by atoms with E-state index in [-0.39, 0.29) is 0 Å². The first kappa shape index (κ1) is 10.4. The maximum atomic E-state index is 2.49. The van der Waals surface area contributed by atoms with E-state index in [1.165, 1.54) is 24.8 Å². The van der Waals surface area contributed by atoms with Gasteiger partial charge < -0.3 is 0 Å². The van der Waals surface area contributed by atoms with Crippen molar-refractivity contribution in [1.82, 2.24) is 0 Å². The maximum Gasteiger partial charge on any atom is 0.0385 e. The molecular formula is C12H13IS. The average molecular weight is 316 g/mol. The molecule has 0 aliphatic carbocycles. The molecule has 2 rings (SSSR count). The van der Waals surface area contributed by atoms with Crippen LogP contribution >= 0.6 is 33.9 Å². The second kappa shape index (κ2) is 4.19. The molecular weight excluding hydrogens is 303 g/mol. The van der Waals surface area contributed by atoms with Crippen LogP contribution in [0.4, 0.5) is 0 Å². The molecule has 0 atom stereocenters. The minimum atomic E-state index is 1.14. The lowest BCUT2D eigenvalue weighted by Crippen LogP contribution is -1.93. The summed E-state index contributed by atoms with van der Waals surface area (Å²) >= 11 is 4.36. The van der Waals surface area contributed by atoms with Gasteiger partial charge in [-0.05, 0) is 69.5 Å². The van der Waals surface area contributed by atoms with Crippen molar-refractivity contribution in [2.75, 3.05) is 0 Å². The van der Waals surface area contributed by atoms with Crippen LogP contribution in [0.5, 0.6) is 0 Å². The lowest BCUT2D eigenvalue weighted by Gasteiger charge is -2.08. The van der Waals surface area contributed by atoms with Crippen LogP contribution in [0.1, 0.15) is 25.0 Å². The zero-order chi connectivity index (χ0) is 10.1. The highest BCUT2D eigenvalue weighted by Crippen LogP contribution is 2.31. The van der Waals surface area contributed by atoms with Gasteiger partial charge in [0.15, 0.2) is 0 Å². The molecule has 0 saturated heterocycles. The fourth-order valence-corrected chi connectivity index (χ4v) is 4.17. The smallest absolute Gasteiger partial charge is 0.0385 e. The molecule has 0 aliphatic rings. The highest BCUT2D eigenvalue weighted by atomic mass is 127. The van der Waals surface area contributed by atoms with Gasteiger partial charge in [0.1, 0.15) is 0 Å². The summed E-state index contributed by atoms with van der Waals surface area (Å²) in [6.45, 7) is 4.48. The highest BCUT2D eigenvalue weighted by molar-refractivity contribution is 14.1. The van der Waals surface area contributed by atoms with Gasteiger partial charge >= 0.3 is 0 Å². The molecule has 0 aliphatic heterocycles. The summed E-state index contributed by atoms with van der Waals surface area (Å²) in [7, 11) is 0. The Hall–Kier alpha value is -0.0900. The Labute approximate surface area is 102 Å². The highest BCUT2D eigenvalue weighted by Gasteiger charge is 2.09. The average Bonchev–Trinajstić information content (AvgIpc) is 2.64. The summed E-state index contributed by atoms with van der Waals surface area (Å²) < 4.78 is 2.96. The van der Waals surface area contributed by atoms with Gasteiger partial charge in [-0.3, -0.25) is 0 Å². The summed E-state index contributed by atoms with van der Waals surface area (Å²) in [5.41, 5.74) is 3.03.